The van der Waals surface area contributed by atoms with Crippen LogP contribution in [0.5, 0.6) is 11.5 Å². The van der Waals surface area contributed by atoms with Crippen molar-refractivity contribution >= 4 is 11.9 Å². The lowest BCUT2D eigenvalue weighted by molar-refractivity contribution is -0.119. The Kier molecular flexibility index (Phi) is 8.82. The molecule has 7 nitrogen and oxygen atoms in total. The fraction of sp³-hybridized carbons (Fsp3) is 0.364. The second kappa shape index (κ2) is 11.6. The molecule has 2 aromatic carbocycles. The zero-order valence-corrected chi connectivity index (χ0v) is 17.3. The number of ether oxygens (including phenoxy) is 2. The molecule has 2 rings (SSSR count). The number of aliphatic imine (C=N–C) groups is 1. The molecular weight excluding hydrogens is 368 g/mol. The van der Waals surface area contributed by atoms with Crippen molar-refractivity contribution in [2.75, 3.05) is 20.3 Å². The van der Waals surface area contributed by atoms with Crippen LogP contribution in [-0.4, -0.2) is 32.1 Å². The Morgan fingerprint density at radius 3 is 2.62 bits per heavy atom. The van der Waals surface area contributed by atoms with Crippen molar-refractivity contribution < 1.29 is 14.3 Å². The van der Waals surface area contributed by atoms with Gasteiger partial charge in [-0.25, -0.2) is 0 Å². The molecule has 1 amide bonds. The molecule has 0 saturated carbocycles. The Labute approximate surface area is 172 Å². The van der Waals surface area contributed by atoms with E-state index in [1.165, 1.54) is 5.56 Å². The Bertz CT molecular complexity index is 837. The fourth-order valence-corrected chi connectivity index (χ4v) is 2.64. The summed E-state index contributed by atoms with van der Waals surface area (Å²) < 4.78 is 11.2. The van der Waals surface area contributed by atoms with Gasteiger partial charge in [0.1, 0.15) is 11.5 Å². The van der Waals surface area contributed by atoms with Crippen LogP contribution >= 0.6 is 0 Å². The zero-order valence-electron chi connectivity index (χ0n) is 17.3. The van der Waals surface area contributed by atoms with Crippen LogP contribution in [0.4, 0.5) is 0 Å². The van der Waals surface area contributed by atoms with Gasteiger partial charge in [0, 0.05) is 25.7 Å². The molecule has 7 heteroatoms. The highest BCUT2D eigenvalue weighted by atomic mass is 16.5. The molecule has 29 heavy (non-hydrogen) atoms. The molecule has 156 valence electrons. The van der Waals surface area contributed by atoms with Gasteiger partial charge in [-0.1, -0.05) is 31.2 Å². The number of hydrogen-bond donors (Lipinski definition) is 3. The molecule has 0 saturated heterocycles. The predicted octanol–water partition coefficient (Wildman–Crippen LogP) is 2.51. The van der Waals surface area contributed by atoms with Crippen molar-refractivity contribution in [2.24, 2.45) is 10.7 Å². The van der Waals surface area contributed by atoms with E-state index in [0.717, 1.165) is 23.3 Å². The molecule has 0 aliphatic carbocycles. The Morgan fingerprint density at radius 1 is 1.10 bits per heavy atom. The number of nitrogens with two attached hydrogens (primary N) is 1. The summed E-state index contributed by atoms with van der Waals surface area (Å²) >= 11 is 0. The number of amides is 1. The van der Waals surface area contributed by atoms with Gasteiger partial charge < -0.3 is 25.8 Å². The highest BCUT2D eigenvalue weighted by Crippen LogP contribution is 2.20. The number of primary amides is 1. The molecule has 4 N–H and O–H groups in total. The van der Waals surface area contributed by atoms with Gasteiger partial charge in [-0.15, -0.1) is 0 Å². The van der Waals surface area contributed by atoms with Crippen LogP contribution in [0.1, 0.15) is 30.0 Å². The number of carbonyl (C=O) groups excluding carboxylic acids is 1. The van der Waals surface area contributed by atoms with Gasteiger partial charge in [-0.05, 0) is 42.7 Å². The minimum Gasteiger partial charge on any atom is -0.493 e. The average molecular weight is 399 g/mol. The van der Waals surface area contributed by atoms with E-state index in [2.05, 4.69) is 47.7 Å². The van der Waals surface area contributed by atoms with E-state index in [0.29, 0.717) is 31.4 Å². The van der Waals surface area contributed by atoms with E-state index in [-0.39, 0.29) is 6.61 Å². The van der Waals surface area contributed by atoms with Crippen molar-refractivity contribution in [1.29, 1.82) is 0 Å². The predicted molar refractivity (Wildman–Crippen MR) is 115 cm³/mol. The van der Waals surface area contributed by atoms with E-state index in [4.69, 9.17) is 15.2 Å². The second-order valence-electron chi connectivity index (χ2n) is 6.64. The van der Waals surface area contributed by atoms with Gasteiger partial charge in [0.05, 0.1) is 6.61 Å². The smallest absolute Gasteiger partial charge is 0.255 e. The lowest BCUT2D eigenvalue weighted by Crippen LogP contribution is -2.36. The first-order valence-corrected chi connectivity index (χ1v) is 9.68. The van der Waals surface area contributed by atoms with Gasteiger partial charge in [0.15, 0.2) is 12.6 Å². The molecule has 0 spiro atoms. The third-order valence-electron chi connectivity index (χ3n) is 4.09. The van der Waals surface area contributed by atoms with Crippen LogP contribution < -0.4 is 25.8 Å². The summed E-state index contributed by atoms with van der Waals surface area (Å²) in [6, 6.07) is 13.7. The molecule has 0 heterocycles. The average Bonchev–Trinajstić information content (AvgIpc) is 2.72. The van der Waals surface area contributed by atoms with E-state index in [9.17, 15) is 4.79 Å². The van der Waals surface area contributed by atoms with Crippen molar-refractivity contribution in [1.82, 2.24) is 10.6 Å². The van der Waals surface area contributed by atoms with Crippen molar-refractivity contribution in [3.05, 3.63) is 59.2 Å². The minimum atomic E-state index is -0.503. The van der Waals surface area contributed by atoms with E-state index < -0.39 is 5.91 Å². The molecule has 0 bridgehead atoms. The largest absolute Gasteiger partial charge is 0.493 e. The Morgan fingerprint density at radius 2 is 1.90 bits per heavy atom. The summed E-state index contributed by atoms with van der Waals surface area (Å²) in [5.41, 5.74) is 8.35. The molecule has 0 atom stereocenters. The van der Waals surface area contributed by atoms with Crippen molar-refractivity contribution in [3.63, 3.8) is 0 Å². The van der Waals surface area contributed by atoms with Crippen LogP contribution in [0, 0.1) is 6.92 Å². The Balaban J connectivity index is 1.92. The number of carbonyl (C=O) groups is 1. The molecule has 0 aromatic heterocycles. The molecule has 2 aromatic rings. The van der Waals surface area contributed by atoms with Gasteiger partial charge in [0.2, 0.25) is 0 Å². The van der Waals surface area contributed by atoms with E-state index in [1.807, 2.05) is 18.2 Å². The summed E-state index contributed by atoms with van der Waals surface area (Å²) in [4.78, 5) is 15.1. The van der Waals surface area contributed by atoms with Crippen molar-refractivity contribution in [3.8, 4) is 11.5 Å². The molecular formula is C22H30N4O3. The van der Waals surface area contributed by atoms with Gasteiger partial charge in [0.25, 0.3) is 5.91 Å². The van der Waals surface area contributed by atoms with Crippen LogP contribution in [0.15, 0.2) is 47.5 Å². The highest BCUT2D eigenvalue weighted by Gasteiger charge is 2.06. The number of benzene rings is 2. The third-order valence-corrected chi connectivity index (χ3v) is 4.09. The monoisotopic (exact) mass is 398 g/mol. The summed E-state index contributed by atoms with van der Waals surface area (Å²) in [5.74, 6) is 1.67. The first-order chi connectivity index (χ1) is 14.0. The molecule has 0 fully saturated rings. The molecule has 0 unspecified atom stereocenters. The maximum Gasteiger partial charge on any atom is 0.255 e. The lowest BCUT2D eigenvalue weighted by Gasteiger charge is -2.15. The molecule has 0 aliphatic heterocycles. The minimum absolute atomic E-state index is 0.140. The zero-order chi connectivity index (χ0) is 21.1. The number of rotatable bonds is 10. The number of hydrogen-bond acceptors (Lipinski definition) is 4. The van der Waals surface area contributed by atoms with Crippen LogP contribution in [-0.2, 0) is 17.9 Å². The topological polar surface area (TPSA) is 98.0 Å². The normalized spacial score (nSPS) is 11.1. The first-order valence-electron chi connectivity index (χ1n) is 9.68. The SMILES string of the molecule is CCCOc1cc(C)ccc1CNC(=NC)NCc1cccc(OCC(N)=O)c1. The summed E-state index contributed by atoms with van der Waals surface area (Å²) in [6.45, 7) is 5.85. The maximum atomic E-state index is 10.9. The van der Waals surface area contributed by atoms with E-state index >= 15 is 0 Å². The van der Waals surface area contributed by atoms with Crippen LogP contribution in [0.3, 0.4) is 0 Å². The van der Waals surface area contributed by atoms with Gasteiger partial charge in [-0.2, -0.15) is 0 Å². The summed E-state index contributed by atoms with van der Waals surface area (Å²) in [7, 11) is 1.73. The highest BCUT2D eigenvalue weighted by molar-refractivity contribution is 5.79. The van der Waals surface area contributed by atoms with Crippen LogP contribution in [0.2, 0.25) is 0 Å². The van der Waals surface area contributed by atoms with Gasteiger partial charge >= 0.3 is 0 Å². The first kappa shape index (κ1) is 22.1. The maximum absolute atomic E-state index is 10.9. The standard InChI is InChI=1S/C22H30N4O3/c1-4-10-28-20-11-16(2)8-9-18(20)14-26-22(24-3)25-13-17-6-5-7-19(12-17)29-15-21(23)27/h5-9,11-12H,4,10,13-15H2,1-3H3,(H2,23,27)(H2,24,25,26). The number of aryl methyl sites for hydroxylation is 1. The third kappa shape index (κ3) is 7.73. The number of guanidine groups is 1. The second-order valence-corrected chi connectivity index (χ2v) is 6.64. The number of nitrogens with zero attached hydrogens (tertiary/aromatic N) is 1. The lowest BCUT2D eigenvalue weighted by atomic mass is 10.1. The fourth-order valence-electron chi connectivity index (χ4n) is 2.64. The molecule has 0 aliphatic rings. The van der Waals surface area contributed by atoms with Gasteiger partial charge in [-0.3, -0.25) is 9.79 Å². The summed E-state index contributed by atoms with van der Waals surface area (Å²) in [6.07, 6.45) is 0.965. The number of nitrogens with one attached hydrogen (secondary N) is 2. The summed E-state index contributed by atoms with van der Waals surface area (Å²) in [5, 5.41) is 6.59. The molecule has 0 radical (unpaired) electrons. The van der Waals surface area contributed by atoms with Crippen LogP contribution in [0.25, 0.3) is 0 Å². The van der Waals surface area contributed by atoms with Crippen molar-refractivity contribution in [2.45, 2.75) is 33.4 Å². The Hall–Kier alpha value is -3.22. The quantitative estimate of drug-likeness (QED) is 0.422. The van der Waals surface area contributed by atoms with E-state index in [1.54, 1.807) is 13.1 Å².